The molecule has 1 aromatic heterocycles. The molecule has 1 aliphatic heterocycles. The first-order valence-corrected chi connectivity index (χ1v) is 9.65. The van der Waals surface area contributed by atoms with Crippen LogP contribution >= 0.6 is 0 Å². The number of aryl methyl sites for hydroxylation is 1. The molecule has 1 aromatic carbocycles. The molecule has 6 nitrogen and oxygen atoms in total. The van der Waals surface area contributed by atoms with Crippen molar-refractivity contribution in [3.8, 4) is 5.69 Å². The first-order valence-electron chi connectivity index (χ1n) is 9.65. The number of nitrogens with zero attached hydrogens (tertiary/aromatic N) is 3. The van der Waals surface area contributed by atoms with Gasteiger partial charge in [0.05, 0.1) is 35.7 Å². The minimum Gasteiger partial charge on any atom is -0.466 e. The van der Waals surface area contributed by atoms with E-state index in [1.165, 1.54) is 5.56 Å². The number of amides is 1. The first kappa shape index (κ1) is 19.1. The molecule has 1 unspecified atom stereocenters. The van der Waals surface area contributed by atoms with Gasteiger partial charge in [0.2, 0.25) is 0 Å². The molecule has 144 valence electrons. The monoisotopic (exact) mass is 369 g/mol. The number of benzene rings is 1. The highest BCUT2D eigenvalue weighted by Crippen LogP contribution is 2.23. The fourth-order valence-corrected chi connectivity index (χ4v) is 3.59. The molecule has 2 heterocycles. The molecule has 0 spiro atoms. The molecule has 1 atom stereocenters. The lowest BCUT2D eigenvalue weighted by molar-refractivity contribution is -0.149. The van der Waals surface area contributed by atoms with Gasteiger partial charge in [-0.25, -0.2) is 4.68 Å². The summed E-state index contributed by atoms with van der Waals surface area (Å²) in [7, 11) is 0. The van der Waals surface area contributed by atoms with Crippen LogP contribution in [-0.2, 0) is 16.0 Å². The lowest BCUT2D eigenvalue weighted by atomic mass is 9.97. The Labute approximate surface area is 160 Å². The van der Waals surface area contributed by atoms with E-state index in [0.29, 0.717) is 31.7 Å². The largest absolute Gasteiger partial charge is 0.466 e. The Morgan fingerprint density at radius 1 is 1.22 bits per heavy atom. The number of likely N-dealkylation sites (tertiary alicyclic amines) is 1. The van der Waals surface area contributed by atoms with E-state index < -0.39 is 0 Å². The highest BCUT2D eigenvalue weighted by molar-refractivity contribution is 5.95. The number of esters is 1. The molecule has 1 aliphatic rings. The molecule has 0 aliphatic carbocycles. The van der Waals surface area contributed by atoms with E-state index in [-0.39, 0.29) is 17.8 Å². The number of carbonyl (C=O) groups is 2. The van der Waals surface area contributed by atoms with Crippen molar-refractivity contribution in [1.82, 2.24) is 14.7 Å². The van der Waals surface area contributed by atoms with Crippen molar-refractivity contribution in [3.05, 3.63) is 47.3 Å². The summed E-state index contributed by atoms with van der Waals surface area (Å²) in [5.74, 6) is -0.500. The maximum Gasteiger partial charge on any atom is 0.310 e. The summed E-state index contributed by atoms with van der Waals surface area (Å²) in [4.78, 5) is 27.0. The van der Waals surface area contributed by atoms with Crippen LogP contribution in [0.25, 0.3) is 5.69 Å². The molecule has 0 saturated carbocycles. The van der Waals surface area contributed by atoms with Crippen LogP contribution in [0.3, 0.4) is 0 Å². The topological polar surface area (TPSA) is 64.4 Å². The van der Waals surface area contributed by atoms with Gasteiger partial charge in [0.15, 0.2) is 0 Å². The lowest BCUT2D eigenvalue weighted by Crippen LogP contribution is -2.43. The fourth-order valence-electron chi connectivity index (χ4n) is 3.59. The van der Waals surface area contributed by atoms with Crippen LogP contribution in [0.1, 0.15) is 48.3 Å². The van der Waals surface area contributed by atoms with Crippen molar-refractivity contribution in [3.63, 3.8) is 0 Å². The third-order valence-electron chi connectivity index (χ3n) is 5.04. The average molecular weight is 369 g/mol. The Hall–Kier alpha value is -2.63. The highest BCUT2D eigenvalue weighted by Gasteiger charge is 2.31. The Kier molecular flexibility index (Phi) is 5.94. The van der Waals surface area contributed by atoms with Crippen LogP contribution in [0, 0.1) is 12.8 Å². The van der Waals surface area contributed by atoms with Gasteiger partial charge in [-0.1, -0.05) is 24.6 Å². The molecular formula is C21H27N3O3. The fraction of sp³-hybridized carbons (Fsp3) is 0.476. The normalized spacial score (nSPS) is 17.0. The van der Waals surface area contributed by atoms with Gasteiger partial charge in [0, 0.05) is 13.1 Å². The third-order valence-corrected chi connectivity index (χ3v) is 5.04. The van der Waals surface area contributed by atoms with Crippen molar-refractivity contribution in [2.75, 3.05) is 19.7 Å². The lowest BCUT2D eigenvalue weighted by Gasteiger charge is -2.31. The second-order valence-corrected chi connectivity index (χ2v) is 6.95. The zero-order valence-electron chi connectivity index (χ0n) is 16.3. The summed E-state index contributed by atoms with van der Waals surface area (Å²) >= 11 is 0. The van der Waals surface area contributed by atoms with Crippen LogP contribution in [0.5, 0.6) is 0 Å². The number of hydrogen-bond donors (Lipinski definition) is 0. The number of rotatable bonds is 5. The van der Waals surface area contributed by atoms with E-state index in [2.05, 4.69) is 5.10 Å². The first-order chi connectivity index (χ1) is 13.0. The van der Waals surface area contributed by atoms with E-state index in [0.717, 1.165) is 24.2 Å². The van der Waals surface area contributed by atoms with E-state index in [4.69, 9.17) is 4.74 Å². The smallest absolute Gasteiger partial charge is 0.310 e. The Morgan fingerprint density at radius 3 is 2.63 bits per heavy atom. The van der Waals surface area contributed by atoms with Gasteiger partial charge in [-0.3, -0.25) is 9.59 Å². The summed E-state index contributed by atoms with van der Waals surface area (Å²) in [6, 6.07) is 8.08. The molecule has 1 saturated heterocycles. The summed E-state index contributed by atoms with van der Waals surface area (Å²) in [6.45, 7) is 7.31. The number of ether oxygens (including phenoxy) is 1. The summed E-state index contributed by atoms with van der Waals surface area (Å²) in [6.07, 6.45) is 3.92. The summed E-state index contributed by atoms with van der Waals surface area (Å²) in [5.41, 5.74) is 3.63. The predicted molar refractivity (Wildman–Crippen MR) is 103 cm³/mol. The van der Waals surface area contributed by atoms with Gasteiger partial charge in [-0.2, -0.15) is 5.10 Å². The van der Waals surface area contributed by atoms with Crippen molar-refractivity contribution in [2.45, 2.75) is 40.0 Å². The molecular weight excluding hydrogens is 342 g/mol. The summed E-state index contributed by atoms with van der Waals surface area (Å²) in [5, 5.41) is 4.46. The van der Waals surface area contributed by atoms with Crippen molar-refractivity contribution >= 4 is 11.9 Å². The zero-order valence-corrected chi connectivity index (χ0v) is 16.3. The van der Waals surface area contributed by atoms with E-state index >= 15 is 0 Å². The van der Waals surface area contributed by atoms with Gasteiger partial charge in [-0.05, 0) is 45.2 Å². The zero-order chi connectivity index (χ0) is 19.4. The SMILES string of the molecule is CCOC(=O)C1CCCN(C(=O)c2cnn(-c3ccc(C)cc3)c2CC)C1. The molecule has 27 heavy (non-hydrogen) atoms. The molecule has 0 radical (unpaired) electrons. The second kappa shape index (κ2) is 8.37. The molecule has 3 rings (SSSR count). The van der Waals surface area contributed by atoms with Crippen LogP contribution in [0.2, 0.25) is 0 Å². The van der Waals surface area contributed by atoms with Gasteiger partial charge in [0.1, 0.15) is 0 Å². The minimum atomic E-state index is -0.236. The second-order valence-electron chi connectivity index (χ2n) is 6.95. The third kappa shape index (κ3) is 4.04. The van der Waals surface area contributed by atoms with E-state index in [9.17, 15) is 9.59 Å². The van der Waals surface area contributed by atoms with Crippen molar-refractivity contribution in [2.24, 2.45) is 5.92 Å². The van der Waals surface area contributed by atoms with Crippen molar-refractivity contribution < 1.29 is 14.3 Å². The van der Waals surface area contributed by atoms with Gasteiger partial charge < -0.3 is 9.64 Å². The van der Waals surface area contributed by atoms with Crippen LogP contribution in [0.15, 0.2) is 30.5 Å². The number of carbonyl (C=O) groups excluding carboxylic acids is 2. The van der Waals surface area contributed by atoms with Gasteiger partial charge in [0.25, 0.3) is 5.91 Å². The highest BCUT2D eigenvalue weighted by atomic mass is 16.5. The predicted octanol–water partition coefficient (Wildman–Crippen LogP) is 3.16. The molecule has 0 N–H and O–H groups in total. The Morgan fingerprint density at radius 2 is 1.96 bits per heavy atom. The molecule has 2 aromatic rings. The van der Waals surface area contributed by atoms with Crippen LogP contribution in [-0.4, -0.2) is 46.3 Å². The maximum atomic E-state index is 13.1. The number of aromatic nitrogens is 2. The van der Waals surface area contributed by atoms with Crippen LogP contribution < -0.4 is 0 Å². The van der Waals surface area contributed by atoms with Gasteiger partial charge in [-0.15, -0.1) is 0 Å². The quantitative estimate of drug-likeness (QED) is 0.760. The van der Waals surface area contributed by atoms with E-state index in [1.807, 2.05) is 42.8 Å². The molecule has 0 bridgehead atoms. The average Bonchev–Trinajstić information content (AvgIpc) is 3.12. The molecule has 6 heteroatoms. The Bertz CT molecular complexity index is 811. The number of piperidine rings is 1. The molecule has 1 amide bonds. The van der Waals surface area contributed by atoms with Crippen LogP contribution in [0.4, 0.5) is 0 Å². The van der Waals surface area contributed by atoms with Gasteiger partial charge >= 0.3 is 5.97 Å². The van der Waals surface area contributed by atoms with Crippen molar-refractivity contribution in [1.29, 1.82) is 0 Å². The number of hydrogen-bond acceptors (Lipinski definition) is 4. The maximum absolute atomic E-state index is 13.1. The molecule has 1 fully saturated rings. The Balaban J connectivity index is 1.82. The summed E-state index contributed by atoms with van der Waals surface area (Å²) < 4.78 is 6.97. The standard InChI is InChI=1S/C21H27N3O3/c1-4-19-18(13-22-24(19)17-10-8-15(3)9-11-17)20(25)23-12-6-7-16(14-23)21(26)27-5-2/h8-11,13,16H,4-7,12,14H2,1-3H3. The van der Waals surface area contributed by atoms with E-state index in [1.54, 1.807) is 18.0 Å². The minimum absolute atomic E-state index is 0.0563.